The van der Waals surface area contributed by atoms with Crippen molar-refractivity contribution in [3.8, 4) is 0 Å². The minimum Gasteiger partial charge on any atom is -0.374 e. The first-order valence-electron chi connectivity index (χ1n) is 8.45. The predicted molar refractivity (Wildman–Crippen MR) is 99.8 cm³/mol. The lowest BCUT2D eigenvalue weighted by Crippen LogP contribution is -2.36. The summed E-state index contributed by atoms with van der Waals surface area (Å²) in [6.45, 7) is 5.92. The highest BCUT2D eigenvalue weighted by molar-refractivity contribution is 5.79. The quantitative estimate of drug-likeness (QED) is 0.596. The van der Waals surface area contributed by atoms with Crippen molar-refractivity contribution in [2.24, 2.45) is 4.99 Å². The molecular weight excluding hydrogens is 317 g/mol. The predicted octanol–water partition coefficient (Wildman–Crippen LogP) is 3.62. The van der Waals surface area contributed by atoms with Gasteiger partial charge in [-0.1, -0.05) is 36.4 Å². The van der Waals surface area contributed by atoms with E-state index in [1.165, 1.54) is 12.1 Å². The van der Waals surface area contributed by atoms with Gasteiger partial charge in [-0.05, 0) is 42.7 Å². The van der Waals surface area contributed by atoms with E-state index in [2.05, 4.69) is 33.8 Å². The standard InChI is InChI=1S/C20H26FN3O/c1-15(2)25-14-18-6-4-5-17(11-18)13-24-20(22-3)23-12-16-7-9-19(21)10-8-16/h4-11,15H,12-14H2,1-3H3,(H2,22,23,24). The Morgan fingerprint density at radius 2 is 1.64 bits per heavy atom. The zero-order chi connectivity index (χ0) is 18.1. The third kappa shape index (κ3) is 6.93. The molecule has 0 atom stereocenters. The second-order valence-corrected chi connectivity index (χ2v) is 6.09. The number of nitrogens with zero attached hydrogens (tertiary/aromatic N) is 1. The van der Waals surface area contributed by atoms with Gasteiger partial charge in [0.25, 0.3) is 0 Å². The van der Waals surface area contributed by atoms with Crippen LogP contribution in [0.25, 0.3) is 0 Å². The smallest absolute Gasteiger partial charge is 0.191 e. The maximum absolute atomic E-state index is 12.9. The van der Waals surface area contributed by atoms with Crippen LogP contribution in [0.2, 0.25) is 0 Å². The average Bonchev–Trinajstić information content (AvgIpc) is 2.62. The molecular formula is C20H26FN3O. The van der Waals surface area contributed by atoms with Gasteiger partial charge >= 0.3 is 0 Å². The van der Waals surface area contributed by atoms with Crippen LogP contribution in [0.1, 0.15) is 30.5 Å². The number of hydrogen-bond donors (Lipinski definition) is 2. The number of hydrogen-bond acceptors (Lipinski definition) is 2. The van der Waals surface area contributed by atoms with Crippen LogP contribution in [-0.2, 0) is 24.4 Å². The monoisotopic (exact) mass is 343 g/mol. The van der Waals surface area contributed by atoms with Crippen molar-refractivity contribution in [3.05, 3.63) is 71.0 Å². The highest BCUT2D eigenvalue weighted by Gasteiger charge is 2.02. The normalized spacial score (nSPS) is 11.6. The molecule has 4 nitrogen and oxygen atoms in total. The summed E-state index contributed by atoms with van der Waals surface area (Å²) in [5.74, 6) is 0.473. The molecule has 0 saturated heterocycles. The number of ether oxygens (including phenoxy) is 1. The maximum atomic E-state index is 12.9. The van der Waals surface area contributed by atoms with Crippen LogP contribution in [0.5, 0.6) is 0 Å². The lowest BCUT2D eigenvalue weighted by atomic mass is 10.1. The molecule has 0 aliphatic carbocycles. The van der Waals surface area contributed by atoms with Gasteiger partial charge < -0.3 is 15.4 Å². The Morgan fingerprint density at radius 3 is 2.28 bits per heavy atom. The van der Waals surface area contributed by atoms with Gasteiger partial charge in [0, 0.05) is 20.1 Å². The fraction of sp³-hybridized carbons (Fsp3) is 0.350. The van der Waals surface area contributed by atoms with Gasteiger partial charge in [-0.25, -0.2) is 4.39 Å². The van der Waals surface area contributed by atoms with Crippen molar-refractivity contribution >= 4 is 5.96 Å². The molecule has 25 heavy (non-hydrogen) atoms. The molecule has 134 valence electrons. The zero-order valence-electron chi connectivity index (χ0n) is 15.1. The van der Waals surface area contributed by atoms with Crippen molar-refractivity contribution in [2.45, 2.75) is 39.6 Å². The Morgan fingerprint density at radius 1 is 1.00 bits per heavy atom. The first-order valence-corrected chi connectivity index (χ1v) is 8.45. The van der Waals surface area contributed by atoms with E-state index in [1.54, 1.807) is 19.2 Å². The first-order chi connectivity index (χ1) is 12.1. The third-order valence-corrected chi connectivity index (χ3v) is 3.63. The van der Waals surface area contributed by atoms with Gasteiger partial charge in [0.1, 0.15) is 5.82 Å². The Balaban J connectivity index is 1.83. The number of aliphatic imine (C=N–C) groups is 1. The van der Waals surface area contributed by atoms with Gasteiger partial charge in [0.15, 0.2) is 5.96 Å². The topological polar surface area (TPSA) is 45.7 Å². The Bertz CT molecular complexity index is 684. The average molecular weight is 343 g/mol. The van der Waals surface area contributed by atoms with Gasteiger partial charge in [-0.2, -0.15) is 0 Å². The first kappa shape index (κ1) is 18.9. The molecule has 2 N–H and O–H groups in total. The Labute approximate surface area is 149 Å². The molecule has 0 aliphatic rings. The van der Waals surface area contributed by atoms with Crippen LogP contribution in [0, 0.1) is 5.82 Å². The fourth-order valence-corrected chi connectivity index (χ4v) is 2.29. The van der Waals surface area contributed by atoms with E-state index >= 15 is 0 Å². The van der Waals surface area contributed by atoms with Crippen LogP contribution < -0.4 is 10.6 Å². The molecule has 0 unspecified atom stereocenters. The van der Waals surface area contributed by atoms with Gasteiger partial charge in [0.2, 0.25) is 0 Å². The third-order valence-electron chi connectivity index (χ3n) is 3.63. The van der Waals surface area contributed by atoms with E-state index < -0.39 is 0 Å². The van der Waals surface area contributed by atoms with Gasteiger partial charge in [0.05, 0.1) is 12.7 Å². The van der Waals surface area contributed by atoms with E-state index in [4.69, 9.17) is 4.74 Å². The highest BCUT2D eigenvalue weighted by Crippen LogP contribution is 2.08. The van der Waals surface area contributed by atoms with Crippen molar-refractivity contribution in [1.82, 2.24) is 10.6 Å². The van der Waals surface area contributed by atoms with E-state index in [9.17, 15) is 4.39 Å². The van der Waals surface area contributed by atoms with Crippen molar-refractivity contribution in [2.75, 3.05) is 7.05 Å². The number of benzene rings is 2. The summed E-state index contributed by atoms with van der Waals surface area (Å²) in [7, 11) is 1.73. The second-order valence-electron chi connectivity index (χ2n) is 6.09. The molecule has 0 radical (unpaired) electrons. The van der Waals surface area contributed by atoms with Crippen molar-refractivity contribution in [1.29, 1.82) is 0 Å². The summed E-state index contributed by atoms with van der Waals surface area (Å²) in [5.41, 5.74) is 3.31. The van der Waals surface area contributed by atoms with Crippen LogP contribution >= 0.6 is 0 Å². The van der Waals surface area contributed by atoms with Crippen LogP contribution in [-0.4, -0.2) is 19.1 Å². The zero-order valence-corrected chi connectivity index (χ0v) is 15.1. The molecule has 0 aromatic heterocycles. The van der Waals surface area contributed by atoms with Gasteiger partial charge in [-0.3, -0.25) is 4.99 Å². The molecule has 0 amide bonds. The van der Waals surface area contributed by atoms with Crippen LogP contribution in [0.3, 0.4) is 0 Å². The molecule has 5 heteroatoms. The minimum atomic E-state index is -0.229. The van der Waals surface area contributed by atoms with E-state index in [0.717, 1.165) is 16.7 Å². The number of rotatable bonds is 7. The van der Waals surface area contributed by atoms with E-state index in [-0.39, 0.29) is 11.9 Å². The number of guanidine groups is 1. The Kier molecular flexibility index (Phi) is 7.41. The highest BCUT2D eigenvalue weighted by atomic mass is 19.1. The lowest BCUT2D eigenvalue weighted by molar-refractivity contribution is 0.0657. The SMILES string of the molecule is CN=C(NCc1ccc(F)cc1)NCc1cccc(COC(C)C)c1. The second kappa shape index (κ2) is 9.79. The molecule has 0 saturated carbocycles. The largest absolute Gasteiger partial charge is 0.374 e. The lowest BCUT2D eigenvalue weighted by Gasteiger charge is -2.13. The van der Waals surface area contributed by atoms with E-state index in [0.29, 0.717) is 25.7 Å². The maximum Gasteiger partial charge on any atom is 0.191 e. The summed E-state index contributed by atoms with van der Waals surface area (Å²) >= 11 is 0. The summed E-state index contributed by atoms with van der Waals surface area (Å²) < 4.78 is 18.6. The number of halogens is 1. The van der Waals surface area contributed by atoms with Crippen LogP contribution in [0.4, 0.5) is 4.39 Å². The summed E-state index contributed by atoms with van der Waals surface area (Å²) in [4.78, 5) is 4.21. The van der Waals surface area contributed by atoms with Crippen molar-refractivity contribution in [3.63, 3.8) is 0 Å². The molecule has 0 fully saturated rings. The molecule has 0 aliphatic heterocycles. The van der Waals surface area contributed by atoms with Gasteiger partial charge in [-0.15, -0.1) is 0 Å². The molecule has 2 aromatic rings. The van der Waals surface area contributed by atoms with Crippen molar-refractivity contribution < 1.29 is 9.13 Å². The molecule has 2 rings (SSSR count). The molecule has 0 spiro atoms. The van der Waals surface area contributed by atoms with E-state index in [1.807, 2.05) is 19.9 Å². The molecule has 2 aromatic carbocycles. The molecule has 0 heterocycles. The summed E-state index contributed by atoms with van der Waals surface area (Å²) in [5, 5.41) is 6.51. The summed E-state index contributed by atoms with van der Waals surface area (Å²) in [6.07, 6.45) is 0.219. The number of nitrogens with one attached hydrogen (secondary N) is 2. The molecule has 0 bridgehead atoms. The summed E-state index contributed by atoms with van der Waals surface area (Å²) in [6, 6.07) is 14.7. The minimum absolute atomic E-state index is 0.219. The van der Waals surface area contributed by atoms with Crippen LogP contribution in [0.15, 0.2) is 53.5 Å². The Hall–Kier alpha value is -2.40. The fourth-order valence-electron chi connectivity index (χ4n) is 2.29.